The van der Waals surface area contributed by atoms with Gasteiger partial charge in [0.15, 0.2) is 0 Å². The first kappa shape index (κ1) is 12.3. The normalized spacial score (nSPS) is 16.1. The van der Waals surface area contributed by atoms with Gasteiger partial charge in [0.25, 0.3) is 0 Å². The minimum absolute atomic E-state index is 0.250. The van der Waals surface area contributed by atoms with Gasteiger partial charge in [0.1, 0.15) is 0 Å². The van der Waals surface area contributed by atoms with Gasteiger partial charge < -0.3 is 5.11 Å². The average Bonchev–Trinajstić information content (AvgIpc) is 2.15. The van der Waals surface area contributed by atoms with Crippen LogP contribution in [0, 0.1) is 12.8 Å². The fourth-order valence-electron chi connectivity index (χ4n) is 1.77. The van der Waals surface area contributed by atoms with Crippen LogP contribution in [0.25, 0.3) is 0 Å². The molecule has 0 aromatic heterocycles. The molecule has 15 heavy (non-hydrogen) atoms. The molecule has 1 N–H and O–H groups in total. The monoisotopic (exact) mass is 206 g/mol. The maximum Gasteiger partial charge on any atom is 0.0622 e. The molecule has 1 aromatic rings. The van der Waals surface area contributed by atoms with Crippen LogP contribution in [0.3, 0.4) is 0 Å². The van der Waals surface area contributed by atoms with Crippen molar-refractivity contribution in [1.82, 2.24) is 0 Å². The predicted molar refractivity (Wildman–Crippen MR) is 65.1 cm³/mol. The summed E-state index contributed by atoms with van der Waals surface area (Å²) in [7, 11) is 0. The number of hydrogen-bond donors (Lipinski definition) is 1. The van der Waals surface area contributed by atoms with Crippen molar-refractivity contribution in [2.24, 2.45) is 5.92 Å². The van der Waals surface area contributed by atoms with Gasteiger partial charge in [-0.2, -0.15) is 0 Å². The van der Waals surface area contributed by atoms with Gasteiger partial charge in [-0.3, -0.25) is 0 Å². The zero-order chi connectivity index (χ0) is 11.6. The third-order valence-electron chi connectivity index (χ3n) is 3.47. The van der Waals surface area contributed by atoms with E-state index in [2.05, 4.69) is 45.0 Å². The van der Waals surface area contributed by atoms with E-state index in [0.29, 0.717) is 5.92 Å². The topological polar surface area (TPSA) is 20.2 Å². The maximum atomic E-state index is 9.97. The molecule has 0 spiro atoms. The highest BCUT2D eigenvalue weighted by molar-refractivity contribution is 5.24. The Bertz CT molecular complexity index is 305. The van der Waals surface area contributed by atoms with Crippen LogP contribution in [0.1, 0.15) is 44.7 Å². The molecule has 0 radical (unpaired) electrons. The minimum atomic E-state index is -0.621. The molecule has 0 fully saturated rings. The predicted octanol–water partition coefficient (Wildman–Crippen LogP) is 3.51. The van der Waals surface area contributed by atoms with Crippen LogP contribution in [0.5, 0.6) is 0 Å². The van der Waals surface area contributed by atoms with Crippen LogP contribution in [-0.2, 0) is 0 Å². The lowest BCUT2D eigenvalue weighted by molar-refractivity contribution is 0.0153. The summed E-state index contributed by atoms with van der Waals surface area (Å²) in [6.45, 7) is 10.1. The molecule has 0 aliphatic carbocycles. The van der Waals surface area contributed by atoms with Crippen molar-refractivity contribution in [3.8, 4) is 0 Å². The molecule has 2 atom stereocenters. The molecule has 0 bridgehead atoms. The number of benzene rings is 1. The van der Waals surface area contributed by atoms with Crippen molar-refractivity contribution < 1.29 is 5.11 Å². The van der Waals surface area contributed by atoms with E-state index in [1.807, 2.05) is 13.8 Å². The maximum absolute atomic E-state index is 9.97. The zero-order valence-corrected chi connectivity index (χ0v) is 10.4. The second-order valence-corrected chi connectivity index (χ2v) is 5.14. The Balaban J connectivity index is 2.85. The SMILES string of the molecule is Cc1ccc([C@H](C)[C@@H](C)C(C)(C)O)cc1. The standard InChI is InChI=1S/C14H22O/c1-10-6-8-13(9-7-10)11(2)12(3)14(4,5)15/h6-9,11-12,15H,1-5H3/t11-,12-/m1/s1. The molecule has 0 unspecified atom stereocenters. The third-order valence-corrected chi connectivity index (χ3v) is 3.47. The van der Waals surface area contributed by atoms with E-state index < -0.39 is 5.60 Å². The Labute approximate surface area is 93.1 Å². The average molecular weight is 206 g/mol. The number of rotatable bonds is 3. The van der Waals surface area contributed by atoms with Gasteiger partial charge in [0.2, 0.25) is 0 Å². The lowest BCUT2D eigenvalue weighted by Crippen LogP contribution is -2.32. The van der Waals surface area contributed by atoms with Crippen LogP contribution in [0.4, 0.5) is 0 Å². The highest BCUT2D eigenvalue weighted by Gasteiger charge is 2.28. The van der Waals surface area contributed by atoms with E-state index in [-0.39, 0.29) is 5.92 Å². The van der Waals surface area contributed by atoms with Crippen molar-refractivity contribution in [3.63, 3.8) is 0 Å². The molecule has 0 saturated carbocycles. The molecular formula is C14H22O. The Morgan fingerprint density at radius 3 is 1.93 bits per heavy atom. The molecule has 1 aromatic carbocycles. The van der Waals surface area contributed by atoms with Crippen molar-refractivity contribution in [1.29, 1.82) is 0 Å². The van der Waals surface area contributed by atoms with Crippen LogP contribution < -0.4 is 0 Å². The zero-order valence-electron chi connectivity index (χ0n) is 10.4. The molecule has 1 heteroatoms. The van der Waals surface area contributed by atoms with Gasteiger partial charge >= 0.3 is 0 Å². The summed E-state index contributed by atoms with van der Waals surface area (Å²) in [4.78, 5) is 0. The van der Waals surface area contributed by atoms with E-state index in [1.165, 1.54) is 11.1 Å². The third kappa shape index (κ3) is 3.07. The summed E-state index contributed by atoms with van der Waals surface area (Å²) in [6.07, 6.45) is 0. The van der Waals surface area contributed by atoms with Crippen molar-refractivity contribution in [2.75, 3.05) is 0 Å². The van der Waals surface area contributed by atoms with Gasteiger partial charge in [0.05, 0.1) is 5.60 Å². The van der Waals surface area contributed by atoms with Gasteiger partial charge in [-0.25, -0.2) is 0 Å². The van der Waals surface area contributed by atoms with Crippen LogP contribution in [0.15, 0.2) is 24.3 Å². The Hall–Kier alpha value is -0.820. The first-order chi connectivity index (χ1) is 6.82. The Morgan fingerprint density at radius 2 is 1.53 bits per heavy atom. The van der Waals surface area contributed by atoms with Crippen molar-refractivity contribution >= 4 is 0 Å². The van der Waals surface area contributed by atoms with E-state index >= 15 is 0 Å². The fraction of sp³-hybridized carbons (Fsp3) is 0.571. The van der Waals surface area contributed by atoms with Gasteiger partial charge in [-0.05, 0) is 38.2 Å². The first-order valence-corrected chi connectivity index (χ1v) is 5.61. The lowest BCUT2D eigenvalue weighted by atomic mass is 9.79. The molecule has 1 rings (SSSR count). The van der Waals surface area contributed by atoms with Crippen LogP contribution in [0.2, 0.25) is 0 Å². The highest BCUT2D eigenvalue weighted by atomic mass is 16.3. The summed E-state index contributed by atoms with van der Waals surface area (Å²) in [5, 5.41) is 9.97. The molecule has 1 nitrogen and oxygen atoms in total. The molecule has 0 heterocycles. The van der Waals surface area contributed by atoms with Crippen LogP contribution in [-0.4, -0.2) is 10.7 Å². The summed E-state index contributed by atoms with van der Waals surface area (Å²) in [6, 6.07) is 8.57. The van der Waals surface area contributed by atoms with Gasteiger partial charge in [-0.15, -0.1) is 0 Å². The molecule has 0 aliphatic rings. The van der Waals surface area contributed by atoms with Gasteiger partial charge in [-0.1, -0.05) is 43.7 Å². The molecular weight excluding hydrogens is 184 g/mol. The second kappa shape index (κ2) is 4.36. The van der Waals surface area contributed by atoms with E-state index in [4.69, 9.17) is 0 Å². The molecule has 0 aliphatic heterocycles. The highest BCUT2D eigenvalue weighted by Crippen LogP contribution is 2.31. The number of hydrogen-bond acceptors (Lipinski definition) is 1. The van der Waals surface area contributed by atoms with Gasteiger partial charge in [0, 0.05) is 0 Å². The fourth-order valence-corrected chi connectivity index (χ4v) is 1.77. The summed E-state index contributed by atoms with van der Waals surface area (Å²) in [5.74, 6) is 0.630. The molecule has 0 amide bonds. The smallest absolute Gasteiger partial charge is 0.0622 e. The molecule has 84 valence electrons. The lowest BCUT2D eigenvalue weighted by Gasteiger charge is -2.31. The summed E-state index contributed by atoms with van der Waals surface area (Å²) in [5.41, 5.74) is 1.96. The molecule has 0 saturated heterocycles. The largest absolute Gasteiger partial charge is 0.390 e. The minimum Gasteiger partial charge on any atom is -0.390 e. The van der Waals surface area contributed by atoms with E-state index in [1.54, 1.807) is 0 Å². The Morgan fingerprint density at radius 1 is 1.07 bits per heavy atom. The first-order valence-electron chi connectivity index (χ1n) is 5.61. The van der Waals surface area contributed by atoms with Crippen LogP contribution >= 0.6 is 0 Å². The summed E-state index contributed by atoms with van der Waals surface area (Å²) >= 11 is 0. The summed E-state index contributed by atoms with van der Waals surface area (Å²) < 4.78 is 0. The number of aryl methyl sites for hydroxylation is 1. The quantitative estimate of drug-likeness (QED) is 0.802. The van der Waals surface area contributed by atoms with Crippen molar-refractivity contribution in [2.45, 2.75) is 46.1 Å². The van der Waals surface area contributed by atoms with E-state index in [0.717, 1.165) is 0 Å². The van der Waals surface area contributed by atoms with Crippen molar-refractivity contribution in [3.05, 3.63) is 35.4 Å². The van der Waals surface area contributed by atoms with E-state index in [9.17, 15) is 5.11 Å². The Kier molecular flexibility index (Phi) is 3.56. The second-order valence-electron chi connectivity index (χ2n) is 5.14. The number of aliphatic hydroxyl groups is 1.